The highest BCUT2D eigenvalue weighted by Gasteiger charge is 2.60. The van der Waals surface area contributed by atoms with E-state index in [-0.39, 0.29) is 21.7 Å². The number of hydrogen-bond donors (Lipinski definition) is 0. The van der Waals surface area contributed by atoms with E-state index in [0.717, 1.165) is 60.0 Å². The first-order chi connectivity index (χ1) is 62.1. The van der Waals surface area contributed by atoms with Crippen LogP contribution in [0.3, 0.4) is 0 Å². The average Bonchev–Trinajstić information content (AvgIpc) is 1.11. The number of thiophene rings is 2. The summed E-state index contributed by atoms with van der Waals surface area (Å²) in [6.45, 7) is 19.1. The van der Waals surface area contributed by atoms with Gasteiger partial charge in [-0.3, -0.25) is 0 Å². The zero-order valence-electron chi connectivity index (χ0n) is 74.6. The molecule has 2 heterocycles. The average molecular weight is 1690 g/mol. The summed E-state index contributed by atoms with van der Waals surface area (Å²) in [7, 11) is 0. The normalized spacial score (nSPS) is 21.5. The highest BCUT2D eigenvalue weighted by molar-refractivity contribution is 7.26. The summed E-state index contributed by atoms with van der Waals surface area (Å²) in [6, 6.07) is 120. The monoisotopic (exact) mass is 1690 g/mol. The summed E-state index contributed by atoms with van der Waals surface area (Å²) in [6.07, 6.45) is 29.4. The Morgan fingerprint density at radius 2 is 0.528 bits per heavy atom. The van der Waals surface area contributed by atoms with Crippen LogP contribution in [0.15, 0.2) is 323 Å². The molecule has 127 heavy (non-hydrogen) atoms. The van der Waals surface area contributed by atoms with Crippen molar-refractivity contribution in [3.8, 4) is 0 Å². The van der Waals surface area contributed by atoms with Gasteiger partial charge >= 0.3 is 0 Å². The first-order valence-corrected chi connectivity index (χ1v) is 49.1. The predicted octanol–water partition coefficient (Wildman–Crippen LogP) is 34.6. The fourth-order valence-electron chi connectivity index (χ4n) is 25.4. The first kappa shape index (κ1) is 81.0. The minimum absolute atomic E-state index is 0.239. The number of benzene rings is 14. The molecule has 16 aromatic rings. The molecule has 9 aliphatic rings. The molecule has 9 aliphatic carbocycles. The maximum Gasteiger partial charge on any atom is 0.0468 e. The predicted molar refractivity (Wildman–Crippen MR) is 545 cm³/mol. The molecular formula is C121H116N4S2. The van der Waals surface area contributed by atoms with Gasteiger partial charge in [0.05, 0.1) is 0 Å². The van der Waals surface area contributed by atoms with Gasteiger partial charge in [0.25, 0.3) is 0 Å². The second-order valence-electron chi connectivity index (χ2n) is 39.6. The van der Waals surface area contributed by atoms with E-state index in [1.807, 2.05) is 34.8 Å². The van der Waals surface area contributed by atoms with Crippen LogP contribution in [0.2, 0.25) is 0 Å². The van der Waals surface area contributed by atoms with Crippen LogP contribution in [0.5, 0.6) is 0 Å². The number of rotatable bonds is 24. The molecule has 4 atom stereocenters. The molecule has 8 saturated carbocycles. The summed E-state index contributed by atoms with van der Waals surface area (Å²) < 4.78 is 5.25. The van der Waals surface area contributed by atoms with Gasteiger partial charge in [0, 0.05) is 109 Å². The number of aryl methyl sites for hydroxylation is 7. The molecule has 14 aromatic carbocycles. The number of anilines is 12. The maximum absolute atomic E-state index is 4.03. The summed E-state index contributed by atoms with van der Waals surface area (Å²) in [4.78, 5) is 9.84. The van der Waals surface area contributed by atoms with E-state index < -0.39 is 0 Å². The Labute approximate surface area is 760 Å². The van der Waals surface area contributed by atoms with Crippen molar-refractivity contribution in [1.29, 1.82) is 0 Å². The van der Waals surface area contributed by atoms with Gasteiger partial charge in [-0.1, -0.05) is 208 Å². The van der Waals surface area contributed by atoms with Gasteiger partial charge in [-0.15, -0.1) is 22.7 Å². The standard InChI is InChI=1S/C61H58N2S.C60H58N2S/c1-4-6-7-43-12-23-51(24-13-43)62(52-26-19-49(20-27-52)61-38-44-32-45(39-61)37-60(36-44,40-61)48-17-10-42(5-2)11-18-48)54-28-30-58-56(34-54)57-35-55(29-31-59(57)64-58)63(50-21-8-41(3)9-22-50)53-25-16-46-14-15-47(46)33-53;1-5-7-8-44-15-25-51(26-16-44)62(52-27-19-48(20-28-52)60-38-45-33-46(39-60)37-59(36-45,40-60)47-17-13-43(6-2)14-18-47)54-30-32-58-56(35-54)55-34-53(29-31-57(55)63-58)61(49-21-9-41(3)10-22-49)50-23-11-42(4)12-24-50/h5,8-13,16-31,33-35,44-45H,2,4,6-7,14-15,32,36-40H2,1,3H3;6,9-32,34-35,45-46H,2,5,7-8,33,36-40H2,1,3-4H3. The van der Waals surface area contributed by atoms with Crippen molar-refractivity contribution >= 4 is 143 Å². The molecule has 0 N–H and O–H groups in total. The summed E-state index contributed by atoms with van der Waals surface area (Å²) in [5, 5.41) is 5.20. The Hall–Kier alpha value is -11.8. The lowest BCUT2D eigenvalue weighted by atomic mass is 9.41. The summed E-state index contributed by atoms with van der Waals surface area (Å²) >= 11 is 3.78. The Kier molecular flexibility index (Phi) is 21.1. The second-order valence-corrected chi connectivity index (χ2v) is 41.7. The topological polar surface area (TPSA) is 13.0 Å². The van der Waals surface area contributed by atoms with Crippen LogP contribution in [-0.4, -0.2) is 0 Å². The Morgan fingerprint density at radius 1 is 0.283 bits per heavy atom. The number of nitrogens with zero attached hydrogens (tertiary/aromatic N) is 4. The van der Waals surface area contributed by atoms with Crippen molar-refractivity contribution in [3.63, 3.8) is 0 Å². The first-order valence-electron chi connectivity index (χ1n) is 47.4. The van der Waals surface area contributed by atoms with Crippen molar-refractivity contribution in [2.24, 2.45) is 23.7 Å². The van der Waals surface area contributed by atoms with E-state index in [4.69, 9.17) is 0 Å². The fraction of sp³-hybridized carbons (Fsp3) is 0.273. The summed E-state index contributed by atoms with van der Waals surface area (Å²) in [5.41, 5.74) is 33.6. The minimum Gasteiger partial charge on any atom is -0.310 e. The third kappa shape index (κ3) is 15.1. The van der Waals surface area contributed by atoms with Crippen LogP contribution in [0.25, 0.3) is 52.5 Å². The van der Waals surface area contributed by atoms with Crippen LogP contribution in [0, 0.1) is 44.4 Å². The molecule has 2 aromatic heterocycles. The number of fused-ring (bicyclic) bond motifs is 7. The van der Waals surface area contributed by atoms with Gasteiger partial charge in [0.1, 0.15) is 0 Å². The van der Waals surface area contributed by atoms with Crippen molar-refractivity contribution < 1.29 is 0 Å². The van der Waals surface area contributed by atoms with Crippen molar-refractivity contribution in [1.82, 2.24) is 0 Å². The van der Waals surface area contributed by atoms with E-state index in [1.54, 1.807) is 22.3 Å². The maximum atomic E-state index is 4.03. The van der Waals surface area contributed by atoms with Gasteiger partial charge in [-0.05, 0) is 407 Å². The molecule has 632 valence electrons. The van der Waals surface area contributed by atoms with Gasteiger partial charge in [-0.2, -0.15) is 0 Å². The van der Waals surface area contributed by atoms with E-state index in [2.05, 4.69) is 377 Å². The molecule has 6 heteroatoms. The van der Waals surface area contributed by atoms with Crippen LogP contribution in [0.1, 0.15) is 189 Å². The third-order valence-corrected chi connectivity index (χ3v) is 33.3. The Morgan fingerprint density at radius 3 is 0.795 bits per heavy atom. The molecule has 8 bridgehead atoms. The number of unbranched alkanes of at least 4 members (excludes halogenated alkanes) is 2. The van der Waals surface area contributed by atoms with Crippen molar-refractivity contribution in [2.45, 2.75) is 185 Å². The Balaban J connectivity index is 0.000000150. The molecule has 0 radical (unpaired) electrons. The molecule has 8 fully saturated rings. The minimum atomic E-state index is 0.239. The van der Waals surface area contributed by atoms with Crippen LogP contribution in [0.4, 0.5) is 68.2 Å². The third-order valence-electron chi connectivity index (χ3n) is 31.0. The van der Waals surface area contributed by atoms with Gasteiger partial charge in [-0.25, -0.2) is 0 Å². The SMILES string of the molecule is C=Cc1ccc(C23CC4CC(C2)CC(c2ccc(N(c5ccc(CCCC)cc5)c5ccc6sc7ccc(N(c8ccc(C)cc8)c8ccc(C)cc8)cc7c6c5)cc2)(C4)C3)cc1.C=Cc1ccc(C23CC4CC(C2)CC(c2ccc(N(c5ccc(CCCC)cc5)c5ccc6sc7ccc(N(c8ccc(C)cc8)c8ccc9c(c8)CC9)cc7c6c5)cc2)(C4)C3)cc1. The molecule has 0 amide bonds. The lowest BCUT2D eigenvalue weighted by Crippen LogP contribution is -2.55. The largest absolute Gasteiger partial charge is 0.310 e. The highest BCUT2D eigenvalue weighted by atomic mass is 32.1. The van der Waals surface area contributed by atoms with E-state index >= 15 is 0 Å². The molecule has 0 spiro atoms. The number of hydrogen-bond acceptors (Lipinski definition) is 6. The van der Waals surface area contributed by atoms with Gasteiger partial charge in [0.2, 0.25) is 0 Å². The highest BCUT2D eigenvalue weighted by Crippen LogP contribution is 2.68. The summed E-state index contributed by atoms with van der Waals surface area (Å²) in [5.74, 6) is 3.23. The lowest BCUT2D eigenvalue weighted by molar-refractivity contribution is -0.0282. The van der Waals surface area contributed by atoms with Gasteiger partial charge in [0.15, 0.2) is 0 Å². The zero-order chi connectivity index (χ0) is 85.7. The van der Waals surface area contributed by atoms with E-state index in [9.17, 15) is 0 Å². The molecule has 4 unspecified atom stereocenters. The van der Waals surface area contributed by atoms with Gasteiger partial charge < -0.3 is 19.6 Å². The van der Waals surface area contributed by atoms with Crippen LogP contribution >= 0.6 is 22.7 Å². The van der Waals surface area contributed by atoms with E-state index in [0.29, 0.717) is 0 Å². The Bertz CT molecular complexity index is 6700. The van der Waals surface area contributed by atoms with Crippen LogP contribution in [-0.2, 0) is 47.3 Å². The fourth-order valence-corrected chi connectivity index (χ4v) is 27.5. The second kappa shape index (κ2) is 33.1. The van der Waals surface area contributed by atoms with Crippen molar-refractivity contribution in [2.75, 3.05) is 19.6 Å². The smallest absolute Gasteiger partial charge is 0.0468 e. The molecular weight excluding hydrogens is 1570 g/mol. The molecule has 0 saturated heterocycles. The van der Waals surface area contributed by atoms with Crippen LogP contribution < -0.4 is 19.6 Å². The molecule has 0 aliphatic heterocycles. The molecule has 25 rings (SSSR count). The quantitative estimate of drug-likeness (QED) is 0.0598. The van der Waals surface area contributed by atoms with Crippen molar-refractivity contribution in [3.05, 3.63) is 395 Å². The zero-order valence-corrected chi connectivity index (χ0v) is 76.2. The lowest BCUT2D eigenvalue weighted by Gasteiger charge is -2.63. The van der Waals surface area contributed by atoms with E-state index in [1.165, 1.54) is 251 Å². The molecule has 4 nitrogen and oxygen atoms in total.